The fourth-order valence-electron chi connectivity index (χ4n) is 3.83. The van der Waals surface area contributed by atoms with Crippen LogP contribution in [0.2, 0.25) is 5.02 Å². The Hall–Kier alpha value is -2.90. The van der Waals surface area contributed by atoms with Gasteiger partial charge in [-0.05, 0) is 68.7 Å². The Balaban J connectivity index is 1.64. The molecule has 0 radical (unpaired) electrons. The van der Waals surface area contributed by atoms with Crippen LogP contribution in [0.5, 0.6) is 5.75 Å². The highest BCUT2D eigenvalue weighted by molar-refractivity contribution is 6.30. The first-order valence-corrected chi connectivity index (χ1v) is 11.1. The maximum absolute atomic E-state index is 12.9. The number of carbonyl (C=O) groups is 3. The summed E-state index contributed by atoms with van der Waals surface area (Å²) >= 11 is 5.84. The third-order valence-corrected chi connectivity index (χ3v) is 5.78. The van der Waals surface area contributed by atoms with Gasteiger partial charge in [0.15, 0.2) is 12.4 Å². The zero-order chi connectivity index (χ0) is 23.1. The minimum absolute atomic E-state index is 0.203. The molecule has 1 saturated heterocycles. The van der Waals surface area contributed by atoms with Gasteiger partial charge in [0.2, 0.25) is 0 Å². The number of benzene rings is 2. The number of nitrogens with one attached hydrogen (secondary N) is 2. The second kappa shape index (κ2) is 11.1. The number of rotatable bonds is 9. The molecule has 0 aromatic heterocycles. The first kappa shape index (κ1) is 23.8. The maximum atomic E-state index is 12.9. The first-order chi connectivity index (χ1) is 15.4. The lowest BCUT2D eigenvalue weighted by Gasteiger charge is -2.23. The van der Waals surface area contributed by atoms with Gasteiger partial charge in [-0.2, -0.15) is 0 Å². The molecule has 0 bridgehead atoms. The molecule has 1 aliphatic heterocycles. The molecule has 1 atom stereocenters. The molecule has 2 aromatic rings. The second-order valence-corrected chi connectivity index (χ2v) is 8.22. The lowest BCUT2D eigenvalue weighted by molar-refractivity contribution is -0.118. The molecular weight excluding hydrogens is 430 g/mol. The fourth-order valence-corrected chi connectivity index (χ4v) is 3.95. The van der Waals surface area contributed by atoms with Crippen LogP contribution in [0.4, 0.5) is 5.69 Å². The summed E-state index contributed by atoms with van der Waals surface area (Å²) in [4.78, 5) is 39.4. The van der Waals surface area contributed by atoms with E-state index < -0.39 is 0 Å². The number of amides is 2. The average molecular weight is 458 g/mol. The molecule has 170 valence electrons. The molecule has 2 N–H and O–H groups in total. The van der Waals surface area contributed by atoms with Crippen molar-refractivity contribution in [2.45, 2.75) is 39.2 Å². The van der Waals surface area contributed by atoms with Crippen LogP contribution in [0.3, 0.4) is 0 Å². The van der Waals surface area contributed by atoms with Crippen molar-refractivity contribution in [3.63, 3.8) is 0 Å². The van der Waals surface area contributed by atoms with Crippen LogP contribution < -0.4 is 15.4 Å². The lowest BCUT2D eigenvalue weighted by Crippen LogP contribution is -2.40. The highest BCUT2D eigenvalue weighted by Gasteiger charge is 2.24. The number of Topliss-reactive ketones (excluding diaryl/α,β-unsaturated/α-hetero) is 1. The van der Waals surface area contributed by atoms with Crippen LogP contribution in [0.25, 0.3) is 0 Å². The van der Waals surface area contributed by atoms with E-state index in [1.807, 2.05) is 0 Å². The topological polar surface area (TPSA) is 87.7 Å². The fraction of sp³-hybridized carbons (Fsp3) is 0.375. The molecule has 0 saturated carbocycles. The number of anilines is 1. The number of hydrogen-bond acceptors (Lipinski definition) is 5. The quantitative estimate of drug-likeness (QED) is 0.553. The zero-order valence-electron chi connectivity index (χ0n) is 18.3. The molecule has 1 unspecified atom stereocenters. The number of carbonyl (C=O) groups excluding carboxylic acids is 3. The van der Waals surface area contributed by atoms with E-state index in [2.05, 4.69) is 22.5 Å². The van der Waals surface area contributed by atoms with Crippen LogP contribution in [-0.4, -0.2) is 48.4 Å². The van der Waals surface area contributed by atoms with E-state index in [1.165, 1.54) is 13.0 Å². The summed E-state index contributed by atoms with van der Waals surface area (Å²) in [7, 11) is 0. The molecule has 32 heavy (non-hydrogen) atoms. The molecule has 2 aromatic carbocycles. The molecule has 0 spiro atoms. The molecule has 1 fully saturated rings. The van der Waals surface area contributed by atoms with Gasteiger partial charge in [0.1, 0.15) is 5.75 Å². The summed E-state index contributed by atoms with van der Waals surface area (Å²) in [6.07, 6.45) is 3.28. The van der Waals surface area contributed by atoms with E-state index >= 15 is 0 Å². The van der Waals surface area contributed by atoms with Gasteiger partial charge in [0.25, 0.3) is 11.8 Å². The highest BCUT2D eigenvalue weighted by Crippen LogP contribution is 2.20. The molecule has 7 nitrogen and oxygen atoms in total. The summed E-state index contributed by atoms with van der Waals surface area (Å²) in [6.45, 7) is 4.73. The summed E-state index contributed by atoms with van der Waals surface area (Å²) in [5.74, 6) is -0.425. The van der Waals surface area contributed by atoms with Crippen LogP contribution in [0, 0.1) is 0 Å². The number of hydrogen-bond donors (Lipinski definition) is 2. The van der Waals surface area contributed by atoms with E-state index in [1.54, 1.807) is 36.4 Å². The highest BCUT2D eigenvalue weighted by atomic mass is 35.5. The van der Waals surface area contributed by atoms with Gasteiger partial charge in [-0.3, -0.25) is 19.3 Å². The Kier molecular flexibility index (Phi) is 8.25. The van der Waals surface area contributed by atoms with Crippen molar-refractivity contribution >= 4 is 34.9 Å². The largest absolute Gasteiger partial charge is 0.484 e. The van der Waals surface area contributed by atoms with Crippen LogP contribution in [0.1, 0.15) is 53.8 Å². The number of likely N-dealkylation sites (tertiary alicyclic amines) is 1. The van der Waals surface area contributed by atoms with Crippen molar-refractivity contribution in [1.29, 1.82) is 0 Å². The first-order valence-electron chi connectivity index (χ1n) is 10.7. The van der Waals surface area contributed by atoms with Gasteiger partial charge in [-0.1, -0.05) is 18.5 Å². The van der Waals surface area contributed by atoms with Gasteiger partial charge >= 0.3 is 0 Å². The molecule has 2 amide bonds. The smallest absolute Gasteiger partial charge is 0.262 e. The lowest BCUT2D eigenvalue weighted by atomic mass is 10.0. The van der Waals surface area contributed by atoms with E-state index in [0.717, 1.165) is 25.8 Å². The van der Waals surface area contributed by atoms with Gasteiger partial charge in [0, 0.05) is 28.9 Å². The molecule has 1 heterocycles. The van der Waals surface area contributed by atoms with Crippen molar-refractivity contribution in [2.24, 2.45) is 0 Å². The normalized spacial score (nSPS) is 15.9. The molecule has 3 rings (SSSR count). The minimum atomic E-state index is -0.385. The Bertz CT molecular complexity index is 978. The van der Waals surface area contributed by atoms with E-state index in [4.69, 9.17) is 16.3 Å². The monoisotopic (exact) mass is 457 g/mol. The van der Waals surface area contributed by atoms with E-state index in [-0.39, 0.29) is 29.8 Å². The van der Waals surface area contributed by atoms with Gasteiger partial charge < -0.3 is 15.4 Å². The van der Waals surface area contributed by atoms with Gasteiger partial charge in [0.05, 0.1) is 12.2 Å². The number of ketones is 1. The summed E-state index contributed by atoms with van der Waals surface area (Å²) in [6, 6.07) is 11.8. The molecule has 0 aliphatic carbocycles. The number of ether oxygens (including phenoxy) is 1. The van der Waals surface area contributed by atoms with Gasteiger partial charge in [-0.25, -0.2) is 0 Å². The van der Waals surface area contributed by atoms with Crippen molar-refractivity contribution in [2.75, 3.05) is 25.1 Å². The predicted molar refractivity (Wildman–Crippen MR) is 124 cm³/mol. The van der Waals surface area contributed by atoms with Crippen molar-refractivity contribution < 1.29 is 19.1 Å². The van der Waals surface area contributed by atoms with Crippen molar-refractivity contribution in [3.8, 4) is 5.75 Å². The average Bonchev–Trinajstić information content (AvgIpc) is 3.24. The summed E-state index contributed by atoms with van der Waals surface area (Å²) in [5.41, 5.74) is 0.963. The Morgan fingerprint density at radius 3 is 2.56 bits per heavy atom. The van der Waals surface area contributed by atoms with Gasteiger partial charge in [-0.15, -0.1) is 0 Å². The maximum Gasteiger partial charge on any atom is 0.262 e. The van der Waals surface area contributed by atoms with Crippen molar-refractivity contribution in [3.05, 3.63) is 58.6 Å². The Labute approximate surface area is 193 Å². The van der Waals surface area contributed by atoms with Crippen LogP contribution in [0.15, 0.2) is 42.5 Å². The van der Waals surface area contributed by atoms with Crippen molar-refractivity contribution in [1.82, 2.24) is 10.2 Å². The Morgan fingerprint density at radius 1 is 1.12 bits per heavy atom. The molecular formula is C24H28ClN3O4. The second-order valence-electron chi connectivity index (χ2n) is 7.79. The third kappa shape index (κ3) is 6.31. The minimum Gasteiger partial charge on any atom is -0.484 e. The summed E-state index contributed by atoms with van der Waals surface area (Å²) < 4.78 is 5.44. The number of nitrogens with zero attached hydrogens (tertiary/aromatic N) is 1. The Morgan fingerprint density at radius 2 is 1.88 bits per heavy atom. The van der Waals surface area contributed by atoms with E-state index in [0.29, 0.717) is 34.7 Å². The standard InChI is InChI=1S/C24H28ClN3O4/c1-3-19-5-4-12-28(19)15-26-24(31)22-13-18(8-11-21(22)16(2)29)27-23(30)14-32-20-9-6-17(25)7-10-20/h6-11,13,19H,3-5,12,14-15H2,1-2H3,(H,26,31)(H,27,30). The summed E-state index contributed by atoms with van der Waals surface area (Å²) in [5, 5.41) is 6.20. The third-order valence-electron chi connectivity index (χ3n) is 5.52. The zero-order valence-corrected chi connectivity index (χ0v) is 19.1. The van der Waals surface area contributed by atoms with Crippen LogP contribution in [-0.2, 0) is 4.79 Å². The number of halogens is 1. The van der Waals surface area contributed by atoms with Crippen LogP contribution >= 0.6 is 11.6 Å². The SMILES string of the molecule is CCC1CCCN1CNC(=O)c1cc(NC(=O)COc2ccc(Cl)cc2)ccc1C(C)=O. The van der Waals surface area contributed by atoms with E-state index in [9.17, 15) is 14.4 Å². The molecule has 8 heteroatoms. The molecule has 1 aliphatic rings. The predicted octanol–water partition coefficient (Wildman–Crippen LogP) is 4.12.